The summed E-state index contributed by atoms with van der Waals surface area (Å²) in [4.78, 5) is 15.1. The number of piperidine rings is 2. The average molecular weight is 434 g/mol. The molecule has 3 aliphatic heterocycles. The average Bonchev–Trinajstić information content (AvgIpc) is 3.35. The van der Waals surface area contributed by atoms with Gasteiger partial charge in [0.25, 0.3) is 10.0 Å². The van der Waals surface area contributed by atoms with Gasteiger partial charge in [0.05, 0.1) is 0 Å². The van der Waals surface area contributed by atoms with Crippen LogP contribution in [-0.4, -0.2) is 62.3 Å². The topological polar surface area (TPSA) is 69.7 Å². The number of carbonyl (C=O) groups excluding carboxylic acids is 1. The lowest BCUT2D eigenvalue weighted by Gasteiger charge is -2.42. The van der Waals surface area contributed by atoms with Crippen LogP contribution in [0.5, 0.6) is 0 Å². The molecule has 6 nitrogen and oxygen atoms in total. The quantitative estimate of drug-likeness (QED) is 0.794. The van der Waals surface area contributed by atoms with E-state index in [1.54, 1.807) is 17.5 Å². The van der Waals surface area contributed by atoms with Gasteiger partial charge in [-0.15, -0.1) is 23.7 Å². The Morgan fingerprint density at radius 1 is 1.19 bits per heavy atom. The number of rotatable bonds is 3. The number of hydrogen-bond acceptors (Lipinski definition) is 5. The molecular weight excluding hydrogens is 406 g/mol. The zero-order chi connectivity index (χ0) is 18.2. The number of amides is 1. The standard InChI is InChI=1S/C18H27N3O3S2.ClH/c22-17(20-11-7-18(8-12-20)6-9-19-14-18)15-4-1-2-10-21(15)26(23,24)16-5-3-13-25-16;/h3,5,13,15,19H,1-2,4,6-12,14H2;1H. The number of halogens is 1. The van der Waals surface area contributed by atoms with Crippen molar-refractivity contribution < 1.29 is 13.2 Å². The van der Waals surface area contributed by atoms with Gasteiger partial charge in [0.2, 0.25) is 5.91 Å². The third kappa shape index (κ3) is 4.05. The van der Waals surface area contributed by atoms with Crippen molar-refractivity contribution in [2.24, 2.45) is 5.41 Å². The number of nitrogens with zero attached hydrogens (tertiary/aromatic N) is 2. The first-order chi connectivity index (χ1) is 12.5. The van der Waals surface area contributed by atoms with Gasteiger partial charge in [0.1, 0.15) is 10.3 Å². The summed E-state index contributed by atoms with van der Waals surface area (Å²) in [5.41, 5.74) is 0.353. The molecule has 0 aliphatic carbocycles. The highest BCUT2D eigenvalue weighted by Gasteiger charge is 2.43. The van der Waals surface area contributed by atoms with Gasteiger partial charge in [-0.3, -0.25) is 4.79 Å². The number of likely N-dealkylation sites (tertiary alicyclic amines) is 1. The van der Waals surface area contributed by atoms with E-state index in [0.29, 0.717) is 22.6 Å². The molecule has 1 N–H and O–H groups in total. The summed E-state index contributed by atoms with van der Waals surface area (Å²) >= 11 is 1.22. The molecule has 4 heterocycles. The van der Waals surface area contributed by atoms with Gasteiger partial charge in [-0.05, 0) is 55.5 Å². The highest BCUT2D eigenvalue weighted by molar-refractivity contribution is 7.91. The van der Waals surface area contributed by atoms with E-state index in [1.165, 1.54) is 22.1 Å². The Morgan fingerprint density at radius 3 is 2.59 bits per heavy atom. The van der Waals surface area contributed by atoms with Crippen molar-refractivity contribution in [1.29, 1.82) is 0 Å². The molecule has 27 heavy (non-hydrogen) atoms. The van der Waals surface area contributed by atoms with E-state index in [0.717, 1.165) is 51.9 Å². The zero-order valence-electron chi connectivity index (χ0n) is 15.4. The summed E-state index contributed by atoms with van der Waals surface area (Å²) in [5.74, 6) is 0.00522. The van der Waals surface area contributed by atoms with Crippen LogP contribution in [0.25, 0.3) is 0 Å². The SMILES string of the molecule is Cl.O=C(C1CCCCN1S(=O)(=O)c1cccs1)N1CCC2(CCNC2)CC1. The summed E-state index contributed by atoms with van der Waals surface area (Å²) in [5, 5.41) is 5.21. The Hall–Kier alpha value is -0.670. The molecule has 9 heteroatoms. The minimum absolute atomic E-state index is 0. The van der Waals surface area contributed by atoms with E-state index < -0.39 is 16.1 Å². The maximum absolute atomic E-state index is 13.2. The molecule has 1 aromatic rings. The summed E-state index contributed by atoms with van der Waals surface area (Å²) in [7, 11) is -3.58. The minimum atomic E-state index is -3.58. The second kappa shape index (κ2) is 8.37. The first kappa shape index (κ1) is 21.0. The smallest absolute Gasteiger partial charge is 0.253 e. The summed E-state index contributed by atoms with van der Waals surface area (Å²) in [6, 6.07) is 2.85. The van der Waals surface area contributed by atoms with Crippen LogP contribution >= 0.6 is 23.7 Å². The van der Waals surface area contributed by atoms with E-state index in [1.807, 2.05) is 4.90 Å². The van der Waals surface area contributed by atoms with Crippen molar-refractivity contribution in [2.45, 2.75) is 48.8 Å². The molecule has 0 saturated carbocycles. The van der Waals surface area contributed by atoms with Crippen LogP contribution in [0.2, 0.25) is 0 Å². The van der Waals surface area contributed by atoms with Gasteiger partial charge in [0, 0.05) is 26.2 Å². The molecule has 3 saturated heterocycles. The van der Waals surface area contributed by atoms with Gasteiger partial charge in [0.15, 0.2) is 0 Å². The Kier molecular flexibility index (Phi) is 6.52. The van der Waals surface area contributed by atoms with Crippen LogP contribution in [0.15, 0.2) is 21.7 Å². The van der Waals surface area contributed by atoms with E-state index in [4.69, 9.17) is 0 Å². The highest BCUT2D eigenvalue weighted by Crippen LogP contribution is 2.38. The lowest BCUT2D eigenvalue weighted by molar-refractivity contribution is -0.138. The molecule has 0 bridgehead atoms. The minimum Gasteiger partial charge on any atom is -0.341 e. The Labute approximate surface area is 171 Å². The van der Waals surface area contributed by atoms with Crippen LogP contribution in [-0.2, 0) is 14.8 Å². The maximum atomic E-state index is 13.2. The summed E-state index contributed by atoms with van der Waals surface area (Å²) in [6.45, 7) is 4.08. The first-order valence-electron chi connectivity index (χ1n) is 9.57. The van der Waals surface area contributed by atoms with Gasteiger partial charge >= 0.3 is 0 Å². The van der Waals surface area contributed by atoms with Crippen molar-refractivity contribution in [3.63, 3.8) is 0 Å². The molecule has 1 amide bonds. The van der Waals surface area contributed by atoms with E-state index >= 15 is 0 Å². The molecule has 4 rings (SSSR count). The van der Waals surface area contributed by atoms with Crippen molar-refractivity contribution in [2.75, 3.05) is 32.7 Å². The van der Waals surface area contributed by atoms with Crippen LogP contribution in [0, 0.1) is 5.41 Å². The summed E-state index contributed by atoms with van der Waals surface area (Å²) < 4.78 is 27.8. The van der Waals surface area contributed by atoms with Crippen LogP contribution in [0.1, 0.15) is 38.5 Å². The van der Waals surface area contributed by atoms with Gasteiger partial charge < -0.3 is 10.2 Å². The van der Waals surface area contributed by atoms with Crippen LogP contribution in [0.3, 0.4) is 0 Å². The molecule has 1 unspecified atom stereocenters. The summed E-state index contributed by atoms with van der Waals surface area (Å²) in [6.07, 6.45) is 5.61. The molecule has 3 fully saturated rings. The van der Waals surface area contributed by atoms with Crippen molar-refractivity contribution >= 4 is 39.7 Å². The fraction of sp³-hybridized carbons (Fsp3) is 0.722. The number of thiophene rings is 1. The zero-order valence-corrected chi connectivity index (χ0v) is 17.9. The van der Waals surface area contributed by atoms with E-state index in [9.17, 15) is 13.2 Å². The number of hydrogen-bond donors (Lipinski definition) is 1. The van der Waals surface area contributed by atoms with Crippen LogP contribution in [0.4, 0.5) is 0 Å². The first-order valence-corrected chi connectivity index (χ1v) is 11.9. The molecule has 1 spiro atoms. The lowest BCUT2D eigenvalue weighted by atomic mass is 9.77. The van der Waals surface area contributed by atoms with Crippen molar-refractivity contribution in [1.82, 2.24) is 14.5 Å². The van der Waals surface area contributed by atoms with Gasteiger partial charge in [-0.2, -0.15) is 4.31 Å². The predicted octanol–water partition coefficient (Wildman–Crippen LogP) is 2.32. The maximum Gasteiger partial charge on any atom is 0.253 e. The van der Waals surface area contributed by atoms with E-state index in [-0.39, 0.29) is 18.3 Å². The Balaban J connectivity index is 0.00000210. The number of nitrogens with one attached hydrogen (secondary N) is 1. The number of sulfonamides is 1. The molecule has 152 valence electrons. The molecule has 3 aliphatic rings. The normalized spacial score (nSPS) is 26.1. The molecule has 1 aromatic heterocycles. The van der Waals surface area contributed by atoms with Gasteiger partial charge in [-0.1, -0.05) is 12.5 Å². The van der Waals surface area contributed by atoms with E-state index in [2.05, 4.69) is 5.32 Å². The fourth-order valence-electron chi connectivity index (χ4n) is 4.60. The Bertz CT molecular complexity index is 738. The fourth-order valence-corrected chi connectivity index (χ4v) is 7.37. The third-order valence-electron chi connectivity index (χ3n) is 6.26. The third-order valence-corrected chi connectivity index (χ3v) is 9.55. The molecule has 0 aromatic carbocycles. The second-order valence-corrected chi connectivity index (χ2v) is 10.9. The molecular formula is C18H28ClN3O3S2. The molecule has 0 radical (unpaired) electrons. The Morgan fingerprint density at radius 2 is 1.96 bits per heavy atom. The molecule has 1 atom stereocenters. The lowest BCUT2D eigenvalue weighted by Crippen LogP contribution is -2.55. The van der Waals surface area contributed by atoms with Crippen molar-refractivity contribution in [3.8, 4) is 0 Å². The van der Waals surface area contributed by atoms with Crippen molar-refractivity contribution in [3.05, 3.63) is 17.5 Å². The highest BCUT2D eigenvalue weighted by atomic mass is 35.5. The second-order valence-electron chi connectivity index (χ2n) is 7.81. The predicted molar refractivity (Wildman–Crippen MR) is 109 cm³/mol. The monoisotopic (exact) mass is 433 g/mol. The number of carbonyl (C=O) groups is 1. The largest absolute Gasteiger partial charge is 0.341 e. The van der Waals surface area contributed by atoms with Gasteiger partial charge in [-0.25, -0.2) is 8.42 Å². The van der Waals surface area contributed by atoms with Crippen LogP contribution < -0.4 is 5.32 Å².